The molecule has 3 heterocycles. The average Bonchev–Trinajstić information content (AvgIpc) is 3.42. The van der Waals surface area contributed by atoms with E-state index in [1.807, 2.05) is 30.5 Å². The van der Waals surface area contributed by atoms with Crippen molar-refractivity contribution in [2.24, 2.45) is 0 Å². The number of fused-ring (bicyclic) bond motifs is 1. The number of amides is 1. The molecule has 1 spiro atoms. The first kappa shape index (κ1) is 20.3. The minimum atomic E-state index is -0.0271. The van der Waals surface area contributed by atoms with Gasteiger partial charge in [-0.2, -0.15) is 0 Å². The summed E-state index contributed by atoms with van der Waals surface area (Å²) < 4.78 is 6.51. The van der Waals surface area contributed by atoms with Crippen molar-refractivity contribution in [1.82, 2.24) is 15.2 Å². The topological polar surface area (TPSA) is 57.4 Å². The lowest BCUT2D eigenvalue weighted by Gasteiger charge is -2.39. The van der Waals surface area contributed by atoms with Crippen molar-refractivity contribution in [3.63, 3.8) is 0 Å². The molecule has 2 aliphatic heterocycles. The zero-order valence-corrected chi connectivity index (χ0v) is 18.2. The standard InChI is InChI=1S/C26H31N3O2/c1-19-4-2-3-5-22(19)18-29-14-11-26(12-15-29)10-8-23(31-26)17-28-25(30)21-6-7-24-20(16-21)9-13-27-24/h2-7,9,13,16,23,27H,8,10-12,14-15,17-18H2,1H3,(H,28,30)/t23-/m0/s1. The molecule has 162 valence electrons. The first-order valence-electron chi connectivity index (χ1n) is 11.4. The van der Waals surface area contributed by atoms with Gasteiger partial charge in [0.15, 0.2) is 0 Å². The molecule has 5 nitrogen and oxygen atoms in total. The van der Waals surface area contributed by atoms with Crippen molar-refractivity contribution in [1.29, 1.82) is 0 Å². The number of ether oxygens (including phenoxy) is 1. The van der Waals surface area contributed by atoms with Crippen molar-refractivity contribution in [3.05, 3.63) is 71.4 Å². The summed E-state index contributed by atoms with van der Waals surface area (Å²) >= 11 is 0. The Morgan fingerprint density at radius 1 is 1.16 bits per heavy atom. The Bertz CT molecular complexity index is 1070. The molecule has 0 saturated carbocycles. The third-order valence-electron chi connectivity index (χ3n) is 7.07. The van der Waals surface area contributed by atoms with E-state index in [4.69, 9.17) is 4.74 Å². The van der Waals surface area contributed by atoms with Crippen LogP contribution in [0.25, 0.3) is 10.9 Å². The second-order valence-electron chi connectivity index (χ2n) is 9.15. The Hall–Kier alpha value is -2.63. The normalized spacial score (nSPS) is 21.0. The Labute approximate surface area is 183 Å². The Morgan fingerprint density at radius 3 is 2.84 bits per heavy atom. The summed E-state index contributed by atoms with van der Waals surface area (Å²) in [5.41, 5.74) is 4.54. The summed E-state index contributed by atoms with van der Waals surface area (Å²) in [5.74, 6) is -0.0271. The van der Waals surface area contributed by atoms with E-state index in [0.717, 1.165) is 56.2 Å². The molecule has 1 amide bonds. The van der Waals surface area contributed by atoms with Gasteiger partial charge in [0.1, 0.15) is 0 Å². The van der Waals surface area contributed by atoms with Crippen LogP contribution >= 0.6 is 0 Å². The van der Waals surface area contributed by atoms with Crippen molar-refractivity contribution in [3.8, 4) is 0 Å². The van der Waals surface area contributed by atoms with E-state index in [0.29, 0.717) is 12.1 Å². The second-order valence-corrected chi connectivity index (χ2v) is 9.15. The third-order valence-corrected chi connectivity index (χ3v) is 7.07. The van der Waals surface area contributed by atoms with Gasteiger partial charge in [0.05, 0.1) is 11.7 Å². The van der Waals surface area contributed by atoms with Crippen molar-refractivity contribution in [2.75, 3.05) is 19.6 Å². The second kappa shape index (κ2) is 8.48. The lowest BCUT2D eigenvalue weighted by molar-refractivity contribution is -0.0764. The maximum atomic E-state index is 12.6. The molecule has 5 rings (SSSR count). The zero-order valence-electron chi connectivity index (χ0n) is 18.2. The first-order chi connectivity index (χ1) is 15.1. The molecule has 2 aromatic carbocycles. The number of aryl methyl sites for hydroxylation is 1. The fourth-order valence-corrected chi connectivity index (χ4v) is 5.06. The van der Waals surface area contributed by atoms with E-state index in [9.17, 15) is 4.79 Å². The third kappa shape index (κ3) is 4.39. The van der Waals surface area contributed by atoms with Crippen molar-refractivity contribution < 1.29 is 9.53 Å². The summed E-state index contributed by atoms with van der Waals surface area (Å²) in [4.78, 5) is 18.3. The van der Waals surface area contributed by atoms with Gasteiger partial charge in [0.25, 0.3) is 5.91 Å². The van der Waals surface area contributed by atoms with Crippen LogP contribution < -0.4 is 5.32 Å². The van der Waals surface area contributed by atoms with Crippen LogP contribution in [0, 0.1) is 6.92 Å². The van der Waals surface area contributed by atoms with Crippen LogP contribution in [0.5, 0.6) is 0 Å². The van der Waals surface area contributed by atoms with E-state index in [1.54, 1.807) is 0 Å². The highest BCUT2D eigenvalue weighted by atomic mass is 16.5. The number of H-pyrrole nitrogens is 1. The SMILES string of the molecule is Cc1ccccc1CN1CCC2(CC[C@@H](CNC(=O)c3ccc4[nH]ccc4c3)O2)CC1. The Morgan fingerprint density at radius 2 is 2.00 bits per heavy atom. The maximum Gasteiger partial charge on any atom is 0.251 e. The molecule has 2 fully saturated rings. The van der Waals surface area contributed by atoms with Gasteiger partial charge in [-0.15, -0.1) is 0 Å². The number of hydrogen-bond donors (Lipinski definition) is 2. The van der Waals surface area contributed by atoms with Gasteiger partial charge >= 0.3 is 0 Å². The molecule has 3 aromatic rings. The van der Waals surface area contributed by atoms with E-state index in [2.05, 4.69) is 46.4 Å². The van der Waals surface area contributed by atoms with E-state index in [-0.39, 0.29) is 17.6 Å². The number of likely N-dealkylation sites (tertiary alicyclic amines) is 1. The van der Waals surface area contributed by atoms with E-state index in [1.165, 1.54) is 11.1 Å². The molecule has 2 N–H and O–H groups in total. The lowest BCUT2D eigenvalue weighted by Crippen LogP contribution is -2.45. The van der Waals surface area contributed by atoms with Crippen LogP contribution in [-0.2, 0) is 11.3 Å². The van der Waals surface area contributed by atoms with Gasteiger partial charge in [-0.25, -0.2) is 0 Å². The van der Waals surface area contributed by atoms with Crippen LogP contribution in [0.3, 0.4) is 0 Å². The van der Waals surface area contributed by atoms with Gasteiger partial charge in [0.2, 0.25) is 0 Å². The summed E-state index contributed by atoms with van der Waals surface area (Å²) in [7, 11) is 0. The zero-order chi connectivity index (χ0) is 21.3. The molecule has 1 aromatic heterocycles. The van der Waals surface area contributed by atoms with Crippen molar-refractivity contribution in [2.45, 2.75) is 50.9 Å². The highest BCUT2D eigenvalue weighted by Crippen LogP contribution is 2.39. The minimum Gasteiger partial charge on any atom is -0.370 e. The molecule has 1 atom stereocenters. The smallest absolute Gasteiger partial charge is 0.251 e. The van der Waals surface area contributed by atoms with Gasteiger partial charge in [0, 0.05) is 48.8 Å². The molecule has 2 saturated heterocycles. The summed E-state index contributed by atoms with van der Waals surface area (Å²) in [6.45, 7) is 5.94. The molecule has 5 heteroatoms. The Kier molecular flexibility index (Phi) is 5.55. The number of aromatic amines is 1. The summed E-state index contributed by atoms with van der Waals surface area (Å²) in [6, 6.07) is 16.4. The van der Waals surface area contributed by atoms with E-state index >= 15 is 0 Å². The predicted octanol–water partition coefficient (Wildman–Crippen LogP) is 4.42. The molecule has 0 aliphatic carbocycles. The largest absolute Gasteiger partial charge is 0.370 e. The number of hydrogen-bond acceptors (Lipinski definition) is 3. The predicted molar refractivity (Wildman–Crippen MR) is 123 cm³/mol. The lowest BCUT2D eigenvalue weighted by atomic mass is 9.88. The molecular weight excluding hydrogens is 386 g/mol. The van der Waals surface area contributed by atoms with Crippen LogP contribution in [0.2, 0.25) is 0 Å². The first-order valence-corrected chi connectivity index (χ1v) is 11.4. The molecule has 31 heavy (non-hydrogen) atoms. The van der Waals surface area contributed by atoms with Crippen LogP contribution in [0.4, 0.5) is 0 Å². The number of carbonyl (C=O) groups is 1. The van der Waals surface area contributed by atoms with Gasteiger partial charge in [-0.3, -0.25) is 9.69 Å². The fraction of sp³-hybridized carbons (Fsp3) is 0.423. The van der Waals surface area contributed by atoms with Gasteiger partial charge < -0.3 is 15.0 Å². The Balaban J connectivity index is 1.11. The number of carbonyl (C=O) groups excluding carboxylic acids is 1. The molecule has 0 bridgehead atoms. The minimum absolute atomic E-state index is 0.00165. The monoisotopic (exact) mass is 417 g/mol. The summed E-state index contributed by atoms with van der Waals surface area (Å²) in [6.07, 6.45) is 6.28. The molecule has 0 unspecified atom stereocenters. The average molecular weight is 418 g/mol. The summed E-state index contributed by atoms with van der Waals surface area (Å²) in [5, 5.41) is 4.14. The number of aromatic nitrogens is 1. The van der Waals surface area contributed by atoms with E-state index < -0.39 is 0 Å². The van der Waals surface area contributed by atoms with Crippen molar-refractivity contribution >= 4 is 16.8 Å². The molecule has 2 aliphatic rings. The number of rotatable bonds is 5. The van der Waals surface area contributed by atoms with Crippen LogP contribution in [-0.4, -0.2) is 47.1 Å². The highest BCUT2D eigenvalue weighted by Gasteiger charge is 2.42. The quantitative estimate of drug-likeness (QED) is 0.646. The number of nitrogens with one attached hydrogen (secondary N) is 2. The number of nitrogens with zero attached hydrogens (tertiary/aromatic N) is 1. The van der Waals surface area contributed by atoms with Gasteiger partial charge in [-0.1, -0.05) is 24.3 Å². The fourth-order valence-electron chi connectivity index (χ4n) is 5.06. The van der Waals surface area contributed by atoms with Crippen LogP contribution in [0.15, 0.2) is 54.7 Å². The maximum absolute atomic E-state index is 12.6. The van der Waals surface area contributed by atoms with Gasteiger partial charge in [-0.05, 0) is 68.0 Å². The number of benzene rings is 2. The highest BCUT2D eigenvalue weighted by molar-refractivity contribution is 5.98. The van der Waals surface area contributed by atoms with Crippen LogP contribution in [0.1, 0.15) is 47.2 Å². The molecule has 0 radical (unpaired) electrons. The number of piperidine rings is 1. The molecular formula is C26H31N3O2.